The van der Waals surface area contributed by atoms with E-state index in [1.807, 2.05) is 61.5 Å². The lowest BCUT2D eigenvalue weighted by Crippen LogP contribution is -2.26. The van der Waals surface area contributed by atoms with Crippen molar-refractivity contribution in [2.45, 2.75) is 17.1 Å². The van der Waals surface area contributed by atoms with E-state index >= 15 is 0 Å². The molecule has 4 heteroatoms. The van der Waals surface area contributed by atoms with Crippen molar-refractivity contribution in [1.29, 1.82) is 0 Å². The second kappa shape index (κ2) is 8.28. The first-order chi connectivity index (χ1) is 13.7. The summed E-state index contributed by atoms with van der Waals surface area (Å²) >= 11 is 1.52. The summed E-state index contributed by atoms with van der Waals surface area (Å²) in [6, 6.07) is 28.5. The second-order valence-corrected chi connectivity index (χ2v) is 7.95. The lowest BCUT2D eigenvalue weighted by Gasteiger charge is -2.10. The zero-order valence-corrected chi connectivity index (χ0v) is 16.3. The lowest BCUT2D eigenvalue weighted by atomic mass is 9.97. The van der Waals surface area contributed by atoms with E-state index in [4.69, 9.17) is 0 Å². The van der Waals surface area contributed by atoms with E-state index in [-0.39, 0.29) is 11.2 Å². The van der Waals surface area contributed by atoms with Crippen LogP contribution in [-0.4, -0.2) is 17.4 Å². The predicted molar refractivity (Wildman–Crippen MR) is 119 cm³/mol. The highest BCUT2D eigenvalue weighted by molar-refractivity contribution is 8.00. The molecular formula is C24H20N2OS. The van der Waals surface area contributed by atoms with Crippen molar-refractivity contribution in [3.8, 4) is 0 Å². The zero-order chi connectivity index (χ0) is 19.3. The summed E-state index contributed by atoms with van der Waals surface area (Å²) < 4.78 is 0. The SMILES string of the molecule is CC(Sc1ccccc1)C(=O)N/N=C/c1c2ccccc2cc2ccccc12. The number of fused-ring (bicyclic) bond motifs is 2. The molecule has 0 radical (unpaired) electrons. The fraction of sp³-hybridized carbons (Fsp3) is 0.0833. The number of amides is 1. The summed E-state index contributed by atoms with van der Waals surface area (Å²) in [5.74, 6) is -0.116. The number of hydrogen-bond acceptors (Lipinski definition) is 3. The Bertz CT molecular complexity index is 1100. The highest BCUT2D eigenvalue weighted by Crippen LogP contribution is 2.27. The number of hydrazone groups is 1. The summed E-state index contributed by atoms with van der Waals surface area (Å²) in [4.78, 5) is 13.5. The smallest absolute Gasteiger partial charge is 0.253 e. The quantitative estimate of drug-likeness (QED) is 0.210. The van der Waals surface area contributed by atoms with Crippen molar-refractivity contribution in [2.75, 3.05) is 0 Å². The number of carbonyl (C=O) groups is 1. The van der Waals surface area contributed by atoms with E-state index in [0.29, 0.717) is 0 Å². The minimum absolute atomic E-state index is 0.116. The highest BCUT2D eigenvalue weighted by atomic mass is 32.2. The van der Waals surface area contributed by atoms with Crippen LogP contribution in [0, 0.1) is 0 Å². The normalized spacial score (nSPS) is 12.5. The maximum absolute atomic E-state index is 12.4. The molecule has 0 bridgehead atoms. The first-order valence-electron chi connectivity index (χ1n) is 9.17. The van der Waals surface area contributed by atoms with E-state index in [1.165, 1.54) is 11.8 Å². The van der Waals surface area contributed by atoms with Gasteiger partial charge in [-0.05, 0) is 46.7 Å². The van der Waals surface area contributed by atoms with Gasteiger partial charge in [-0.1, -0.05) is 66.7 Å². The van der Waals surface area contributed by atoms with E-state index in [2.05, 4.69) is 40.9 Å². The Labute approximate surface area is 168 Å². The Morgan fingerprint density at radius 1 is 0.893 bits per heavy atom. The Hall–Kier alpha value is -3.11. The van der Waals surface area contributed by atoms with E-state index in [1.54, 1.807) is 6.21 Å². The number of nitrogens with one attached hydrogen (secondary N) is 1. The monoisotopic (exact) mass is 384 g/mol. The van der Waals surface area contributed by atoms with Crippen LogP contribution in [0.2, 0.25) is 0 Å². The topological polar surface area (TPSA) is 41.5 Å². The zero-order valence-electron chi connectivity index (χ0n) is 15.5. The third-order valence-corrected chi connectivity index (χ3v) is 5.72. The van der Waals surface area contributed by atoms with Crippen LogP contribution in [0.1, 0.15) is 12.5 Å². The molecule has 4 aromatic rings. The molecule has 1 atom stereocenters. The Balaban J connectivity index is 1.57. The number of nitrogens with zero attached hydrogens (tertiary/aromatic N) is 1. The first-order valence-corrected chi connectivity index (χ1v) is 10.1. The molecular weight excluding hydrogens is 364 g/mol. The molecule has 138 valence electrons. The predicted octanol–water partition coefficient (Wildman–Crippen LogP) is 5.62. The van der Waals surface area contributed by atoms with Gasteiger partial charge in [0, 0.05) is 10.5 Å². The highest BCUT2D eigenvalue weighted by Gasteiger charge is 2.13. The van der Waals surface area contributed by atoms with Gasteiger partial charge in [0.05, 0.1) is 11.5 Å². The standard InChI is InChI=1S/C24H20N2OS/c1-17(28-20-11-3-2-4-12-20)24(27)26-25-16-23-21-13-7-5-9-18(21)15-19-10-6-8-14-22(19)23/h2-17H,1H3,(H,26,27)/b25-16+. The number of hydrogen-bond donors (Lipinski definition) is 1. The van der Waals surface area contributed by atoms with Crippen LogP contribution in [0.3, 0.4) is 0 Å². The molecule has 0 saturated carbocycles. The van der Waals surface area contributed by atoms with E-state index in [9.17, 15) is 4.79 Å². The van der Waals surface area contributed by atoms with Gasteiger partial charge >= 0.3 is 0 Å². The number of thioether (sulfide) groups is 1. The van der Waals surface area contributed by atoms with Gasteiger partial charge in [0.25, 0.3) is 5.91 Å². The lowest BCUT2D eigenvalue weighted by molar-refractivity contribution is -0.120. The van der Waals surface area contributed by atoms with Crippen LogP contribution in [0.5, 0.6) is 0 Å². The molecule has 0 saturated heterocycles. The van der Waals surface area contributed by atoms with Gasteiger partial charge in [-0.3, -0.25) is 4.79 Å². The molecule has 0 fully saturated rings. The number of benzene rings is 4. The largest absolute Gasteiger partial charge is 0.272 e. The molecule has 4 rings (SSSR count). The second-order valence-electron chi connectivity index (χ2n) is 6.54. The van der Waals surface area contributed by atoms with Gasteiger partial charge < -0.3 is 0 Å². The van der Waals surface area contributed by atoms with Gasteiger partial charge in [-0.2, -0.15) is 5.10 Å². The third-order valence-electron chi connectivity index (χ3n) is 4.61. The Morgan fingerprint density at radius 2 is 1.46 bits per heavy atom. The van der Waals surface area contributed by atoms with Crippen molar-refractivity contribution >= 4 is 45.4 Å². The number of carbonyl (C=O) groups excluding carboxylic acids is 1. The van der Waals surface area contributed by atoms with Gasteiger partial charge in [0.1, 0.15) is 0 Å². The van der Waals surface area contributed by atoms with Gasteiger partial charge in [0.15, 0.2) is 0 Å². The molecule has 0 heterocycles. The maximum Gasteiger partial charge on any atom is 0.253 e. The summed E-state index contributed by atoms with van der Waals surface area (Å²) in [6.45, 7) is 1.88. The molecule has 3 nitrogen and oxygen atoms in total. The average Bonchev–Trinajstić information content (AvgIpc) is 2.73. The van der Waals surface area contributed by atoms with Crippen LogP contribution in [-0.2, 0) is 4.79 Å². The Morgan fingerprint density at radius 3 is 2.11 bits per heavy atom. The fourth-order valence-electron chi connectivity index (χ4n) is 3.20. The average molecular weight is 385 g/mol. The molecule has 0 spiro atoms. The summed E-state index contributed by atoms with van der Waals surface area (Å²) in [6.07, 6.45) is 1.75. The van der Waals surface area contributed by atoms with Crippen LogP contribution in [0.25, 0.3) is 21.5 Å². The van der Waals surface area contributed by atoms with Crippen molar-refractivity contribution in [1.82, 2.24) is 5.43 Å². The van der Waals surface area contributed by atoms with Crippen LogP contribution in [0.4, 0.5) is 0 Å². The van der Waals surface area contributed by atoms with Gasteiger partial charge in [-0.25, -0.2) is 5.43 Å². The molecule has 1 amide bonds. The van der Waals surface area contributed by atoms with Crippen molar-refractivity contribution in [3.63, 3.8) is 0 Å². The van der Waals surface area contributed by atoms with E-state index < -0.39 is 0 Å². The molecule has 0 aliphatic rings. The summed E-state index contributed by atoms with van der Waals surface area (Å²) in [5, 5.41) is 8.58. The van der Waals surface area contributed by atoms with E-state index in [0.717, 1.165) is 32.0 Å². The van der Waals surface area contributed by atoms with Crippen molar-refractivity contribution in [3.05, 3.63) is 90.5 Å². The molecule has 1 N–H and O–H groups in total. The van der Waals surface area contributed by atoms with Crippen LogP contribution in [0.15, 0.2) is 94.9 Å². The summed E-state index contributed by atoms with van der Waals surface area (Å²) in [5.41, 5.74) is 3.70. The van der Waals surface area contributed by atoms with Crippen molar-refractivity contribution in [2.24, 2.45) is 5.10 Å². The minimum Gasteiger partial charge on any atom is -0.272 e. The molecule has 0 aliphatic carbocycles. The molecule has 1 unspecified atom stereocenters. The van der Waals surface area contributed by atoms with Crippen LogP contribution < -0.4 is 5.43 Å². The minimum atomic E-state index is -0.233. The number of rotatable bonds is 5. The van der Waals surface area contributed by atoms with Crippen LogP contribution >= 0.6 is 11.8 Å². The third kappa shape index (κ3) is 3.92. The molecule has 0 aromatic heterocycles. The maximum atomic E-state index is 12.4. The summed E-state index contributed by atoms with van der Waals surface area (Å²) in [7, 11) is 0. The first kappa shape index (κ1) is 18.3. The molecule has 4 aromatic carbocycles. The van der Waals surface area contributed by atoms with Gasteiger partial charge in [0.2, 0.25) is 0 Å². The fourth-order valence-corrected chi connectivity index (χ4v) is 4.08. The van der Waals surface area contributed by atoms with Crippen molar-refractivity contribution < 1.29 is 4.79 Å². The van der Waals surface area contributed by atoms with Gasteiger partial charge in [-0.15, -0.1) is 11.8 Å². The molecule has 0 aliphatic heterocycles. The Kier molecular flexibility index (Phi) is 5.40. The molecule has 28 heavy (non-hydrogen) atoms.